The molecule has 0 atom stereocenters. The molecule has 0 saturated heterocycles. The number of carbonyl (C=O) groups is 1. The lowest BCUT2D eigenvalue weighted by Crippen LogP contribution is -2.29. The highest BCUT2D eigenvalue weighted by molar-refractivity contribution is 7.87. The van der Waals surface area contributed by atoms with Crippen LogP contribution in [0.3, 0.4) is 0 Å². The second-order valence-corrected chi connectivity index (χ2v) is 7.75. The van der Waals surface area contributed by atoms with Crippen molar-refractivity contribution in [1.82, 2.24) is 13.3 Å². The van der Waals surface area contributed by atoms with Gasteiger partial charge < -0.3 is 10.5 Å². The summed E-state index contributed by atoms with van der Waals surface area (Å²) in [5.41, 5.74) is 7.18. The van der Waals surface area contributed by atoms with Crippen LogP contribution in [-0.2, 0) is 21.6 Å². The second kappa shape index (κ2) is 6.77. The first-order valence-corrected chi connectivity index (χ1v) is 9.13. The third-order valence-corrected chi connectivity index (χ3v) is 5.56. The van der Waals surface area contributed by atoms with Gasteiger partial charge in [0.25, 0.3) is 0 Å². The van der Waals surface area contributed by atoms with Gasteiger partial charge in [0, 0.05) is 14.1 Å². The number of rotatable bonds is 5. The summed E-state index contributed by atoms with van der Waals surface area (Å²) in [5.74, 6) is -0.830. The molecule has 0 amide bonds. The SMILES string of the molecule is CN(C)S(=O)(=O)n1c(N)nc2c(C(=O)OCc3ccccc3)cccc21. The molecule has 3 rings (SSSR count). The lowest BCUT2D eigenvalue weighted by Gasteiger charge is -2.13. The first-order chi connectivity index (χ1) is 12.3. The van der Waals surface area contributed by atoms with E-state index < -0.39 is 16.2 Å². The van der Waals surface area contributed by atoms with Gasteiger partial charge in [0.1, 0.15) is 12.1 Å². The zero-order valence-corrected chi connectivity index (χ0v) is 15.1. The van der Waals surface area contributed by atoms with Gasteiger partial charge in [0.2, 0.25) is 5.95 Å². The van der Waals surface area contributed by atoms with Crippen LogP contribution in [-0.4, -0.2) is 41.7 Å². The fourth-order valence-corrected chi connectivity index (χ4v) is 3.47. The topological polar surface area (TPSA) is 108 Å². The number of nitrogen functional groups attached to an aromatic ring is 1. The van der Waals surface area contributed by atoms with Crippen LogP contribution in [0.15, 0.2) is 48.5 Å². The summed E-state index contributed by atoms with van der Waals surface area (Å²) in [6.45, 7) is 0.0995. The molecule has 2 N–H and O–H groups in total. The lowest BCUT2D eigenvalue weighted by atomic mass is 10.2. The Hall–Kier alpha value is -2.91. The number of esters is 1. The standard InChI is InChI=1S/C17H18N4O4S/c1-20(2)26(23,24)21-14-10-6-9-13(15(14)19-17(21)18)16(22)25-11-12-7-4-3-5-8-12/h3-10H,11H2,1-2H3,(H2,18,19). The molecule has 0 aliphatic carbocycles. The Morgan fingerprint density at radius 3 is 2.50 bits per heavy atom. The summed E-state index contributed by atoms with van der Waals surface area (Å²) in [4.78, 5) is 16.5. The van der Waals surface area contributed by atoms with E-state index in [-0.39, 0.29) is 29.2 Å². The van der Waals surface area contributed by atoms with Gasteiger partial charge in [-0.3, -0.25) is 0 Å². The number of carbonyl (C=O) groups excluding carboxylic acids is 1. The van der Waals surface area contributed by atoms with Gasteiger partial charge in [-0.15, -0.1) is 0 Å². The first-order valence-electron chi connectivity index (χ1n) is 7.73. The summed E-state index contributed by atoms with van der Waals surface area (Å²) in [5, 5.41) is 0. The normalized spacial score (nSPS) is 11.8. The van der Waals surface area contributed by atoms with Crippen molar-refractivity contribution in [1.29, 1.82) is 0 Å². The van der Waals surface area contributed by atoms with E-state index in [9.17, 15) is 13.2 Å². The second-order valence-electron chi connectivity index (χ2n) is 5.76. The average Bonchev–Trinajstić information content (AvgIpc) is 2.96. The van der Waals surface area contributed by atoms with Crippen molar-refractivity contribution < 1.29 is 17.9 Å². The Balaban J connectivity index is 1.99. The van der Waals surface area contributed by atoms with E-state index in [1.165, 1.54) is 26.2 Å². The van der Waals surface area contributed by atoms with Crippen molar-refractivity contribution in [3.63, 3.8) is 0 Å². The number of benzene rings is 2. The van der Waals surface area contributed by atoms with Crippen LogP contribution in [0.5, 0.6) is 0 Å². The van der Waals surface area contributed by atoms with Crippen molar-refractivity contribution in [3.05, 3.63) is 59.7 Å². The molecule has 0 radical (unpaired) electrons. The number of ether oxygens (including phenoxy) is 1. The average molecular weight is 374 g/mol. The van der Waals surface area contributed by atoms with Crippen LogP contribution in [0.25, 0.3) is 11.0 Å². The fourth-order valence-electron chi connectivity index (χ4n) is 2.47. The summed E-state index contributed by atoms with van der Waals surface area (Å²) >= 11 is 0. The van der Waals surface area contributed by atoms with Crippen LogP contribution >= 0.6 is 0 Å². The maximum absolute atomic E-state index is 12.5. The Labute approximate surface area is 151 Å². The van der Waals surface area contributed by atoms with E-state index in [0.29, 0.717) is 0 Å². The maximum atomic E-state index is 12.5. The molecule has 136 valence electrons. The van der Waals surface area contributed by atoms with E-state index in [2.05, 4.69) is 4.98 Å². The number of imidazole rings is 1. The van der Waals surface area contributed by atoms with Gasteiger partial charge in [0.15, 0.2) is 0 Å². The molecule has 0 saturated carbocycles. The molecule has 0 unspecified atom stereocenters. The van der Waals surface area contributed by atoms with Crippen molar-refractivity contribution in [2.75, 3.05) is 19.8 Å². The number of aromatic nitrogens is 2. The molecule has 0 bridgehead atoms. The van der Waals surface area contributed by atoms with Crippen LogP contribution in [0.2, 0.25) is 0 Å². The molecule has 3 aromatic rings. The maximum Gasteiger partial charge on any atom is 0.340 e. The van der Waals surface area contributed by atoms with E-state index in [1.807, 2.05) is 30.3 Å². The van der Waals surface area contributed by atoms with Gasteiger partial charge >= 0.3 is 16.2 Å². The molecule has 0 fully saturated rings. The highest BCUT2D eigenvalue weighted by Gasteiger charge is 2.25. The predicted molar refractivity (Wildman–Crippen MR) is 97.7 cm³/mol. The molecule has 8 nitrogen and oxygen atoms in total. The lowest BCUT2D eigenvalue weighted by molar-refractivity contribution is 0.0475. The zero-order chi connectivity index (χ0) is 18.9. The van der Waals surface area contributed by atoms with Gasteiger partial charge in [-0.25, -0.2) is 9.78 Å². The Morgan fingerprint density at radius 2 is 1.85 bits per heavy atom. The number of nitrogens with two attached hydrogens (primary N) is 1. The van der Waals surface area contributed by atoms with Crippen LogP contribution < -0.4 is 5.73 Å². The number of hydrogen-bond donors (Lipinski definition) is 1. The molecule has 1 heterocycles. The van der Waals surface area contributed by atoms with Crippen molar-refractivity contribution in [2.24, 2.45) is 0 Å². The van der Waals surface area contributed by atoms with E-state index >= 15 is 0 Å². The molecule has 1 aromatic heterocycles. The number of nitrogens with zero attached hydrogens (tertiary/aromatic N) is 3. The van der Waals surface area contributed by atoms with Crippen LogP contribution in [0, 0.1) is 0 Å². The Bertz CT molecular complexity index is 1060. The Morgan fingerprint density at radius 1 is 1.15 bits per heavy atom. The third-order valence-electron chi connectivity index (χ3n) is 3.79. The molecule has 26 heavy (non-hydrogen) atoms. The minimum Gasteiger partial charge on any atom is -0.457 e. The first kappa shape index (κ1) is 17.9. The molecule has 0 spiro atoms. The van der Waals surface area contributed by atoms with Gasteiger partial charge in [0.05, 0.1) is 11.1 Å². The van der Waals surface area contributed by atoms with Crippen molar-refractivity contribution >= 4 is 33.2 Å². The molecule has 2 aromatic carbocycles. The van der Waals surface area contributed by atoms with E-state index in [4.69, 9.17) is 10.5 Å². The van der Waals surface area contributed by atoms with Crippen molar-refractivity contribution in [3.8, 4) is 0 Å². The third kappa shape index (κ3) is 3.14. The summed E-state index contributed by atoms with van der Waals surface area (Å²) < 4.78 is 32.2. The smallest absolute Gasteiger partial charge is 0.340 e. The minimum atomic E-state index is -3.88. The van der Waals surface area contributed by atoms with Crippen LogP contribution in [0.1, 0.15) is 15.9 Å². The highest BCUT2D eigenvalue weighted by atomic mass is 32.2. The number of anilines is 1. The molecule has 9 heteroatoms. The van der Waals surface area contributed by atoms with E-state index in [0.717, 1.165) is 13.8 Å². The fraction of sp³-hybridized carbons (Fsp3) is 0.176. The molecular weight excluding hydrogens is 356 g/mol. The summed E-state index contributed by atoms with van der Waals surface area (Å²) in [6.07, 6.45) is 0. The van der Waals surface area contributed by atoms with E-state index in [1.54, 1.807) is 6.07 Å². The zero-order valence-electron chi connectivity index (χ0n) is 14.3. The number of hydrogen-bond acceptors (Lipinski definition) is 6. The van der Waals surface area contributed by atoms with Crippen LogP contribution in [0.4, 0.5) is 5.95 Å². The largest absolute Gasteiger partial charge is 0.457 e. The molecule has 0 aliphatic rings. The summed E-state index contributed by atoms with van der Waals surface area (Å²) in [6, 6.07) is 13.9. The molecular formula is C17H18N4O4S. The predicted octanol–water partition coefficient (Wildman–Crippen LogP) is 1.63. The van der Waals surface area contributed by atoms with Crippen molar-refractivity contribution in [2.45, 2.75) is 6.61 Å². The van der Waals surface area contributed by atoms with Gasteiger partial charge in [-0.05, 0) is 17.7 Å². The van der Waals surface area contributed by atoms with Gasteiger partial charge in [-0.1, -0.05) is 36.4 Å². The quantitative estimate of drug-likeness (QED) is 0.680. The highest BCUT2D eigenvalue weighted by Crippen LogP contribution is 2.25. The monoisotopic (exact) mass is 374 g/mol. The number of fused-ring (bicyclic) bond motifs is 1. The Kier molecular flexibility index (Phi) is 4.66. The molecule has 0 aliphatic heterocycles. The van der Waals surface area contributed by atoms with Gasteiger partial charge in [-0.2, -0.15) is 16.7 Å². The minimum absolute atomic E-state index is 0.0995. The number of para-hydroxylation sites is 1. The summed E-state index contributed by atoms with van der Waals surface area (Å²) in [7, 11) is -1.10.